The summed E-state index contributed by atoms with van der Waals surface area (Å²) in [4.78, 5) is 25.0. The van der Waals surface area contributed by atoms with Crippen LogP contribution in [0.5, 0.6) is 0 Å². The van der Waals surface area contributed by atoms with Crippen molar-refractivity contribution >= 4 is 51.2 Å². The monoisotopic (exact) mass is 471 g/mol. The van der Waals surface area contributed by atoms with E-state index in [0.29, 0.717) is 18.7 Å². The average Bonchev–Trinajstić information content (AvgIpc) is 3.50. The van der Waals surface area contributed by atoms with Crippen LogP contribution in [0.2, 0.25) is 4.34 Å². The average molecular weight is 472 g/mol. The van der Waals surface area contributed by atoms with Gasteiger partial charge in [-0.05, 0) is 36.6 Å². The summed E-state index contributed by atoms with van der Waals surface area (Å²) in [6.45, 7) is 5.92. The molecule has 0 unspecified atom stereocenters. The van der Waals surface area contributed by atoms with Gasteiger partial charge in [-0.25, -0.2) is 4.98 Å². The number of halogens is 1. The summed E-state index contributed by atoms with van der Waals surface area (Å²) >= 11 is 9.30. The van der Waals surface area contributed by atoms with Crippen molar-refractivity contribution in [1.82, 2.24) is 24.6 Å². The van der Waals surface area contributed by atoms with Crippen molar-refractivity contribution in [3.8, 4) is 10.6 Å². The Hall–Kier alpha value is -2.26. The van der Waals surface area contributed by atoms with Gasteiger partial charge in [-0.2, -0.15) is 5.10 Å². The van der Waals surface area contributed by atoms with E-state index in [4.69, 9.17) is 16.6 Å². The lowest BCUT2D eigenvalue weighted by Crippen LogP contribution is -2.48. The fourth-order valence-corrected chi connectivity index (χ4v) is 5.92. The fourth-order valence-electron chi connectivity index (χ4n) is 4.10. The van der Waals surface area contributed by atoms with Crippen LogP contribution in [0, 0.1) is 6.92 Å². The highest BCUT2D eigenvalue weighted by molar-refractivity contribution is 7.16. The highest BCUT2D eigenvalue weighted by Crippen LogP contribution is 2.30. The molecule has 5 heterocycles. The number of pyridine rings is 1. The van der Waals surface area contributed by atoms with Gasteiger partial charge in [-0.3, -0.25) is 14.4 Å². The second-order valence-corrected chi connectivity index (χ2v) is 10.5. The summed E-state index contributed by atoms with van der Waals surface area (Å²) in [5.41, 5.74) is 3.10. The van der Waals surface area contributed by atoms with Crippen LogP contribution in [-0.2, 0) is 13.6 Å². The third-order valence-electron chi connectivity index (χ3n) is 5.64. The molecule has 160 valence electrons. The Bertz CT molecular complexity index is 1240. The van der Waals surface area contributed by atoms with E-state index in [1.807, 2.05) is 48.5 Å². The molecule has 0 saturated carbocycles. The Balaban J connectivity index is 1.41. The van der Waals surface area contributed by atoms with Crippen molar-refractivity contribution in [1.29, 1.82) is 0 Å². The zero-order chi connectivity index (χ0) is 21.5. The van der Waals surface area contributed by atoms with Gasteiger partial charge >= 0.3 is 0 Å². The molecule has 6 nitrogen and oxygen atoms in total. The van der Waals surface area contributed by atoms with Gasteiger partial charge in [0.1, 0.15) is 0 Å². The minimum absolute atomic E-state index is 0.0557. The molecule has 0 aliphatic carbocycles. The molecule has 0 aromatic carbocycles. The summed E-state index contributed by atoms with van der Waals surface area (Å²) in [6.07, 6.45) is 0. The van der Waals surface area contributed by atoms with Crippen molar-refractivity contribution in [2.24, 2.45) is 7.05 Å². The predicted molar refractivity (Wildman–Crippen MR) is 127 cm³/mol. The minimum Gasteiger partial charge on any atom is -0.336 e. The summed E-state index contributed by atoms with van der Waals surface area (Å²) < 4.78 is 2.58. The number of carbonyl (C=O) groups is 1. The quantitative estimate of drug-likeness (QED) is 0.433. The number of hydrogen-bond acceptors (Lipinski definition) is 6. The van der Waals surface area contributed by atoms with Crippen LogP contribution in [0.15, 0.2) is 35.7 Å². The molecule has 5 rings (SSSR count). The normalized spacial score (nSPS) is 15.1. The first-order valence-corrected chi connectivity index (χ1v) is 12.2. The molecule has 9 heteroatoms. The summed E-state index contributed by atoms with van der Waals surface area (Å²) in [5.74, 6) is 0.0557. The van der Waals surface area contributed by atoms with Crippen molar-refractivity contribution in [2.45, 2.75) is 13.5 Å². The van der Waals surface area contributed by atoms with Gasteiger partial charge in [-0.15, -0.1) is 22.7 Å². The maximum Gasteiger partial charge on any atom is 0.254 e. The third kappa shape index (κ3) is 4.01. The molecular formula is C22H22ClN5OS2. The number of fused-ring (bicyclic) bond motifs is 1. The molecule has 31 heavy (non-hydrogen) atoms. The molecular weight excluding hydrogens is 450 g/mol. The number of nitrogens with zero attached hydrogens (tertiary/aromatic N) is 5. The van der Waals surface area contributed by atoms with E-state index >= 15 is 0 Å². The van der Waals surface area contributed by atoms with E-state index in [1.54, 1.807) is 27.4 Å². The number of hydrogen-bond donors (Lipinski definition) is 0. The number of aryl methyl sites for hydroxylation is 2. The highest BCUT2D eigenvalue weighted by atomic mass is 35.5. The molecule has 1 aliphatic rings. The SMILES string of the molecule is Cc1nn(C)c2nc(-c3cccs3)cc(C(=O)N3CCN(Cc4ccc(Cl)s4)CC3)c12. The second kappa shape index (κ2) is 8.35. The third-order valence-corrected chi connectivity index (χ3v) is 7.75. The predicted octanol–water partition coefficient (Wildman–Crippen LogP) is 4.68. The number of thiophene rings is 2. The zero-order valence-electron chi connectivity index (χ0n) is 17.3. The summed E-state index contributed by atoms with van der Waals surface area (Å²) in [6, 6.07) is 9.99. The van der Waals surface area contributed by atoms with Crippen LogP contribution in [0.1, 0.15) is 20.9 Å². The molecule has 0 atom stereocenters. The van der Waals surface area contributed by atoms with E-state index in [2.05, 4.69) is 16.1 Å². The summed E-state index contributed by atoms with van der Waals surface area (Å²) in [7, 11) is 1.88. The smallest absolute Gasteiger partial charge is 0.254 e. The molecule has 0 N–H and O–H groups in total. The van der Waals surface area contributed by atoms with Gasteiger partial charge in [0, 0.05) is 44.6 Å². The molecule has 1 amide bonds. The summed E-state index contributed by atoms with van der Waals surface area (Å²) in [5, 5.41) is 7.41. The van der Waals surface area contributed by atoms with E-state index in [1.165, 1.54) is 4.88 Å². The maximum atomic E-state index is 13.6. The number of amides is 1. The molecule has 1 aliphatic heterocycles. The number of piperazine rings is 1. The van der Waals surface area contributed by atoms with Crippen LogP contribution in [-0.4, -0.2) is 56.7 Å². The topological polar surface area (TPSA) is 54.3 Å². The Morgan fingerprint density at radius 1 is 1.19 bits per heavy atom. The van der Waals surface area contributed by atoms with Gasteiger partial charge in [-0.1, -0.05) is 17.7 Å². The Labute approximate surface area is 193 Å². The van der Waals surface area contributed by atoms with Gasteiger partial charge in [0.15, 0.2) is 5.65 Å². The second-order valence-electron chi connectivity index (χ2n) is 7.71. The van der Waals surface area contributed by atoms with Crippen molar-refractivity contribution in [3.63, 3.8) is 0 Å². The van der Waals surface area contributed by atoms with Gasteiger partial charge in [0.05, 0.1) is 31.6 Å². The molecule has 0 bridgehead atoms. The Morgan fingerprint density at radius 3 is 2.68 bits per heavy atom. The van der Waals surface area contributed by atoms with Crippen molar-refractivity contribution in [3.05, 3.63) is 56.2 Å². The van der Waals surface area contributed by atoms with E-state index in [9.17, 15) is 4.79 Å². The largest absolute Gasteiger partial charge is 0.336 e. The zero-order valence-corrected chi connectivity index (χ0v) is 19.7. The van der Waals surface area contributed by atoms with Crippen molar-refractivity contribution in [2.75, 3.05) is 26.2 Å². The standard InChI is InChI=1S/C22H22ClN5OS2/c1-14-20-16(12-17(18-4-3-11-30-18)24-21(20)26(2)25-14)22(29)28-9-7-27(8-10-28)13-15-5-6-19(23)31-15/h3-6,11-12H,7-10,13H2,1-2H3. The molecule has 4 aromatic rings. The lowest BCUT2D eigenvalue weighted by atomic mass is 10.1. The van der Waals surface area contributed by atoms with E-state index < -0.39 is 0 Å². The molecule has 0 radical (unpaired) electrons. The van der Waals surface area contributed by atoms with Crippen LogP contribution in [0.4, 0.5) is 0 Å². The van der Waals surface area contributed by atoms with Gasteiger partial charge in [0.25, 0.3) is 5.91 Å². The highest BCUT2D eigenvalue weighted by Gasteiger charge is 2.26. The molecule has 0 spiro atoms. The van der Waals surface area contributed by atoms with E-state index in [0.717, 1.165) is 51.3 Å². The van der Waals surface area contributed by atoms with Crippen molar-refractivity contribution < 1.29 is 4.79 Å². The molecule has 1 fully saturated rings. The lowest BCUT2D eigenvalue weighted by Gasteiger charge is -2.34. The van der Waals surface area contributed by atoms with Crippen LogP contribution in [0.25, 0.3) is 21.6 Å². The van der Waals surface area contributed by atoms with Gasteiger partial charge in [0.2, 0.25) is 0 Å². The fraction of sp³-hybridized carbons (Fsp3) is 0.318. The van der Waals surface area contributed by atoms with Crippen LogP contribution < -0.4 is 0 Å². The van der Waals surface area contributed by atoms with Gasteiger partial charge < -0.3 is 4.90 Å². The Kier molecular flexibility index (Phi) is 5.56. The number of aromatic nitrogens is 3. The van der Waals surface area contributed by atoms with Crippen LogP contribution >= 0.6 is 34.3 Å². The lowest BCUT2D eigenvalue weighted by molar-refractivity contribution is 0.0631. The molecule has 1 saturated heterocycles. The van der Waals surface area contributed by atoms with E-state index in [-0.39, 0.29) is 5.91 Å². The first kappa shape index (κ1) is 20.6. The minimum atomic E-state index is 0.0557. The first-order valence-electron chi connectivity index (χ1n) is 10.1. The number of carbonyl (C=O) groups excluding carboxylic acids is 1. The molecule has 4 aromatic heterocycles. The van der Waals surface area contributed by atoms with Crippen LogP contribution in [0.3, 0.4) is 0 Å². The maximum absolute atomic E-state index is 13.6. The first-order chi connectivity index (χ1) is 15.0. The Morgan fingerprint density at radius 2 is 2.00 bits per heavy atom. The number of rotatable bonds is 4.